The molecule has 1 atom stereocenters. The van der Waals surface area contributed by atoms with Crippen LogP contribution in [-0.2, 0) is 26.2 Å². The molecular formula is C19H18ClN5O4S2. The fourth-order valence-corrected chi connectivity index (χ4v) is 6.82. The molecular weight excluding hydrogens is 462 g/mol. The Morgan fingerprint density at radius 1 is 1.23 bits per heavy atom. The summed E-state index contributed by atoms with van der Waals surface area (Å²) >= 11 is 6.14. The van der Waals surface area contributed by atoms with Gasteiger partial charge in [0.25, 0.3) is 0 Å². The van der Waals surface area contributed by atoms with E-state index in [2.05, 4.69) is 10.1 Å². The molecule has 0 aliphatic carbocycles. The summed E-state index contributed by atoms with van der Waals surface area (Å²) in [6.07, 6.45) is 4.67. The van der Waals surface area contributed by atoms with E-state index >= 15 is 0 Å². The van der Waals surface area contributed by atoms with Gasteiger partial charge < -0.3 is 4.57 Å². The lowest BCUT2D eigenvalue weighted by Gasteiger charge is -2.15. The predicted molar refractivity (Wildman–Crippen MR) is 117 cm³/mol. The molecule has 1 aromatic carbocycles. The van der Waals surface area contributed by atoms with E-state index in [1.165, 1.54) is 6.20 Å². The molecule has 0 spiro atoms. The highest BCUT2D eigenvalue weighted by Gasteiger charge is 2.32. The second kappa shape index (κ2) is 7.01. The Hall–Kier alpha value is -2.50. The van der Waals surface area contributed by atoms with Gasteiger partial charge in [0.15, 0.2) is 24.7 Å². The van der Waals surface area contributed by atoms with Gasteiger partial charge in [0.1, 0.15) is 5.82 Å². The van der Waals surface area contributed by atoms with Crippen LogP contribution in [0.5, 0.6) is 0 Å². The number of nitrogens with zero attached hydrogens (tertiary/aromatic N) is 5. The Morgan fingerprint density at radius 2 is 2.03 bits per heavy atom. The molecule has 1 unspecified atom stereocenters. The zero-order valence-corrected chi connectivity index (χ0v) is 18.8. The summed E-state index contributed by atoms with van der Waals surface area (Å²) in [5.74, 6) is 0.731. The molecule has 0 amide bonds. The van der Waals surface area contributed by atoms with Gasteiger partial charge in [-0.15, -0.1) is 0 Å². The van der Waals surface area contributed by atoms with Crippen molar-refractivity contribution < 1.29 is 16.8 Å². The normalized spacial score (nSPS) is 18.8. The summed E-state index contributed by atoms with van der Waals surface area (Å²) < 4.78 is 52.2. The fourth-order valence-electron chi connectivity index (χ4n) is 4.14. The number of fused-ring (bicyclic) bond motifs is 2. The molecule has 31 heavy (non-hydrogen) atoms. The van der Waals surface area contributed by atoms with E-state index in [9.17, 15) is 16.8 Å². The molecule has 1 aliphatic heterocycles. The van der Waals surface area contributed by atoms with Gasteiger partial charge in [0.2, 0.25) is 0 Å². The molecule has 12 heteroatoms. The molecule has 9 nitrogen and oxygen atoms in total. The molecule has 0 N–H and O–H groups in total. The first kappa shape index (κ1) is 20.4. The van der Waals surface area contributed by atoms with Crippen molar-refractivity contribution in [1.29, 1.82) is 0 Å². The third kappa shape index (κ3) is 3.60. The molecule has 1 fully saturated rings. The first-order chi connectivity index (χ1) is 14.6. The van der Waals surface area contributed by atoms with E-state index in [-0.39, 0.29) is 29.1 Å². The van der Waals surface area contributed by atoms with Crippen molar-refractivity contribution >= 4 is 53.2 Å². The predicted octanol–water partition coefficient (Wildman–Crippen LogP) is 2.25. The first-order valence-electron chi connectivity index (χ1n) is 9.50. The molecule has 4 aromatic rings. The van der Waals surface area contributed by atoms with Crippen LogP contribution >= 0.6 is 11.6 Å². The molecule has 162 valence electrons. The summed E-state index contributed by atoms with van der Waals surface area (Å²) in [6.45, 7) is 0.153. The summed E-state index contributed by atoms with van der Waals surface area (Å²) in [7, 11) is -6.68. The van der Waals surface area contributed by atoms with Crippen LogP contribution in [0.15, 0.2) is 41.7 Å². The lowest BCUT2D eigenvalue weighted by Crippen LogP contribution is -2.16. The molecule has 4 heterocycles. The monoisotopic (exact) mass is 479 g/mol. The van der Waals surface area contributed by atoms with Crippen LogP contribution < -0.4 is 0 Å². The number of hydrogen-bond donors (Lipinski definition) is 0. The van der Waals surface area contributed by atoms with Gasteiger partial charge in [0.05, 0.1) is 46.8 Å². The number of benzene rings is 1. The number of hydrogen-bond acceptors (Lipinski definition) is 7. The molecule has 0 saturated carbocycles. The largest absolute Gasteiger partial charge is 0.322 e. The second-order valence-electron chi connectivity index (χ2n) is 7.72. The van der Waals surface area contributed by atoms with E-state index in [4.69, 9.17) is 16.6 Å². The first-order valence-corrected chi connectivity index (χ1v) is 13.6. The Bertz CT molecular complexity index is 1560. The van der Waals surface area contributed by atoms with Crippen LogP contribution in [-0.4, -0.2) is 58.9 Å². The van der Waals surface area contributed by atoms with Crippen LogP contribution in [0.1, 0.15) is 18.3 Å². The van der Waals surface area contributed by atoms with Crippen LogP contribution in [0.3, 0.4) is 0 Å². The molecule has 0 radical (unpaired) electrons. The zero-order chi connectivity index (χ0) is 22.0. The van der Waals surface area contributed by atoms with Crippen molar-refractivity contribution in [3.8, 4) is 0 Å². The standard InChI is InChI=1S/C19H18ClN5O4S2/c1-30(26,27)19-14-4-6-21-9-17(14)24(23-19)10-18-22-15-8-12(20)2-3-16(15)25(18)13-5-7-31(28,29)11-13/h2-4,6,8-9,13H,5,7,10-11H2,1H3. The van der Waals surface area contributed by atoms with Gasteiger partial charge >= 0.3 is 0 Å². The highest BCUT2D eigenvalue weighted by molar-refractivity contribution is 7.91. The Morgan fingerprint density at radius 3 is 2.74 bits per heavy atom. The van der Waals surface area contributed by atoms with Crippen LogP contribution in [0.2, 0.25) is 5.02 Å². The van der Waals surface area contributed by atoms with Crippen molar-refractivity contribution in [3.63, 3.8) is 0 Å². The Kier molecular flexibility index (Phi) is 4.61. The zero-order valence-electron chi connectivity index (χ0n) is 16.4. The van der Waals surface area contributed by atoms with Crippen LogP contribution in [0.25, 0.3) is 21.9 Å². The van der Waals surface area contributed by atoms with Crippen molar-refractivity contribution in [2.24, 2.45) is 0 Å². The van der Waals surface area contributed by atoms with E-state index < -0.39 is 19.7 Å². The van der Waals surface area contributed by atoms with Gasteiger partial charge in [-0.05, 0) is 30.7 Å². The third-order valence-corrected chi connectivity index (χ3v) is 8.45. The summed E-state index contributed by atoms with van der Waals surface area (Å²) in [5, 5.41) is 5.30. The fraction of sp³-hybridized carbons (Fsp3) is 0.316. The van der Waals surface area contributed by atoms with Gasteiger partial charge in [-0.25, -0.2) is 21.8 Å². The Balaban J connectivity index is 1.69. The average molecular weight is 480 g/mol. The number of imidazole rings is 1. The van der Waals surface area contributed by atoms with Crippen molar-refractivity contribution in [2.45, 2.75) is 24.0 Å². The maximum atomic E-state index is 12.2. The van der Waals surface area contributed by atoms with Crippen molar-refractivity contribution in [2.75, 3.05) is 17.8 Å². The van der Waals surface area contributed by atoms with E-state index in [1.807, 2.05) is 10.6 Å². The van der Waals surface area contributed by atoms with E-state index in [0.29, 0.717) is 33.7 Å². The van der Waals surface area contributed by atoms with Crippen molar-refractivity contribution in [3.05, 3.63) is 47.5 Å². The van der Waals surface area contributed by atoms with Crippen LogP contribution in [0, 0.1) is 0 Å². The number of sulfone groups is 2. The van der Waals surface area contributed by atoms with Gasteiger partial charge in [-0.2, -0.15) is 5.10 Å². The smallest absolute Gasteiger partial charge is 0.195 e. The maximum Gasteiger partial charge on any atom is 0.195 e. The minimum Gasteiger partial charge on any atom is -0.322 e. The number of pyridine rings is 1. The molecule has 1 saturated heterocycles. The SMILES string of the molecule is CS(=O)(=O)c1nn(Cc2nc3cc(Cl)ccc3n2C2CCS(=O)(=O)C2)c2cnccc12. The summed E-state index contributed by atoms with van der Waals surface area (Å²) in [5.41, 5.74) is 1.97. The maximum absolute atomic E-state index is 12.2. The highest BCUT2D eigenvalue weighted by Crippen LogP contribution is 2.31. The number of halogens is 1. The van der Waals surface area contributed by atoms with Gasteiger partial charge in [-0.3, -0.25) is 9.67 Å². The minimum absolute atomic E-state index is 0.0287. The van der Waals surface area contributed by atoms with Crippen molar-refractivity contribution in [1.82, 2.24) is 24.3 Å². The van der Waals surface area contributed by atoms with E-state index in [0.717, 1.165) is 11.8 Å². The lowest BCUT2D eigenvalue weighted by atomic mass is 10.2. The van der Waals surface area contributed by atoms with Crippen LogP contribution in [0.4, 0.5) is 0 Å². The molecule has 1 aliphatic rings. The third-order valence-electron chi connectivity index (χ3n) is 5.46. The van der Waals surface area contributed by atoms with Gasteiger partial charge in [-0.1, -0.05) is 11.6 Å². The van der Waals surface area contributed by atoms with E-state index in [1.54, 1.807) is 29.1 Å². The summed E-state index contributed by atoms with van der Waals surface area (Å²) in [6, 6.07) is 6.64. The number of rotatable bonds is 4. The molecule has 5 rings (SSSR count). The Labute approximate surface area is 183 Å². The lowest BCUT2D eigenvalue weighted by molar-refractivity contribution is 0.523. The molecule has 0 bridgehead atoms. The number of aromatic nitrogens is 5. The minimum atomic E-state index is -3.56. The quantitative estimate of drug-likeness (QED) is 0.440. The second-order valence-corrected chi connectivity index (χ2v) is 12.3. The summed E-state index contributed by atoms with van der Waals surface area (Å²) in [4.78, 5) is 8.80. The highest BCUT2D eigenvalue weighted by atomic mass is 35.5. The topological polar surface area (TPSA) is 117 Å². The average Bonchev–Trinajstić information content (AvgIpc) is 3.34. The van der Waals surface area contributed by atoms with Gasteiger partial charge in [0, 0.05) is 22.9 Å². The molecule has 3 aromatic heterocycles.